The van der Waals surface area contributed by atoms with Gasteiger partial charge in [-0.1, -0.05) is 0 Å². The van der Waals surface area contributed by atoms with Crippen LogP contribution < -0.4 is 5.32 Å². The van der Waals surface area contributed by atoms with Crippen molar-refractivity contribution in [3.8, 4) is 22.8 Å². The Labute approximate surface area is 134 Å². The van der Waals surface area contributed by atoms with Gasteiger partial charge in [-0.3, -0.25) is 0 Å². The van der Waals surface area contributed by atoms with Gasteiger partial charge in [-0.25, -0.2) is 9.97 Å². The first kappa shape index (κ1) is 15.3. The molecule has 6 heteroatoms. The van der Waals surface area contributed by atoms with E-state index in [0.717, 1.165) is 31.7 Å². The molecule has 0 unspecified atom stereocenters. The second kappa shape index (κ2) is 7.60. The number of rotatable bonds is 8. The maximum atomic E-state index is 5.49. The van der Waals surface area contributed by atoms with E-state index in [0.29, 0.717) is 23.2 Å². The molecule has 0 aliphatic heterocycles. The average molecular weight is 313 g/mol. The molecule has 3 rings (SSSR count). The Kier molecular flexibility index (Phi) is 5.06. The van der Waals surface area contributed by atoms with Crippen molar-refractivity contribution in [2.45, 2.75) is 13.3 Å². The van der Waals surface area contributed by atoms with E-state index < -0.39 is 0 Å². The summed E-state index contributed by atoms with van der Waals surface area (Å²) in [6, 6.07) is 7.41. The Bertz CT molecular complexity index is 709. The van der Waals surface area contributed by atoms with Crippen molar-refractivity contribution < 1.29 is 13.6 Å². The van der Waals surface area contributed by atoms with Gasteiger partial charge in [0.25, 0.3) is 0 Å². The number of nitrogens with one attached hydrogen (secondary N) is 1. The van der Waals surface area contributed by atoms with Crippen molar-refractivity contribution >= 4 is 5.95 Å². The number of nitrogens with zero attached hydrogens (tertiary/aromatic N) is 2. The molecule has 0 amide bonds. The third-order valence-corrected chi connectivity index (χ3v) is 3.28. The molecule has 0 aliphatic carbocycles. The Morgan fingerprint density at radius 1 is 1.13 bits per heavy atom. The molecular formula is C17H19N3O3. The van der Waals surface area contributed by atoms with Crippen molar-refractivity contribution in [3.05, 3.63) is 43.0 Å². The molecule has 0 aromatic carbocycles. The molecule has 0 bridgehead atoms. The fourth-order valence-electron chi connectivity index (χ4n) is 2.20. The van der Waals surface area contributed by atoms with Crippen molar-refractivity contribution in [3.63, 3.8) is 0 Å². The largest absolute Gasteiger partial charge is 0.464 e. The van der Waals surface area contributed by atoms with E-state index in [-0.39, 0.29) is 0 Å². The maximum Gasteiger partial charge on any atom is 0.223 e. The van der Waals surface area contributed by atoms with Gasteiger partial charge in [0.2, 0.25) is 5.95 Å². The number of hydrogen-bond acceptors (Lipinski definition) is 6. The van der Waals surface area contributed by atoms with E-state index in [4.69, 9.17) is 13.6 Å². The highest BCUT2D eigenvalue weighted by Crippen LogP contribution is 2.31. The third-order valence-electron chi connectivity index (χ3n) is 3.28. The quantitative estimate of drug-likeness (QED) is 0.637. The fraction of sp³-hybridized carbons (Fsp3) is 0.294. The van der Waals surface area contributed by atoms with Crippen LogP contribution in [0.4, 0.5) is 5.95 Å². The van der Waals surface area contributed by atoms with Gasteiger partial charge in [0, 0.05) is 26.0 Å². The summed E-state index contributed by atoms with van der Waals surface area (Å²) in [4.78, 5) is 8.93. The minimum atomic E-state index is 0.559. The molecule has 120 valence electrons. The number of anilines is 1. The van der Waals surface area contributed by atoms with Gasteiger partial charge in [-0.2, -0.15) is 0 Å². The lowest BCUT2D eigenvalue weighted by Gasteiger charge is -2.08. The van der Waals surface area contributed by atoms with Crippen molar-refractivity contribution in [2.75, 3.05) is 25.1 Å². The highest BCUT2D eigenvalue weighted by molar-refractivity contribution is 5.75. The van der Waals surface area contributed by atoms with Crippen LogP contribution in [0.1, 0.15) is 13.3 Å². The highest BCUT2D eigenvalue weighted by Gasteiger charge is 2.15. The Morgan fingerprint density at radius 3 is 2.61 bits per heavy atom. The minimum absolute atomic E-state index is 0.559. The van der Waals surface area contributed by atoms with E-state index in [1.165, 1.54) is 0 Å². The van der Waals surface area contributed by atoms with Gasteiger partial charge in [0.1, 0.15) is 11.5 Å². The molecule has 23 heavy (non-hydrogen) atoms. The monoisotopic (exact) mass is 313 g/mol. The summed E-state index contributed by atoms with van der Waals surface area (Å²) in [5, 5.41) is 3.20. The van der Waals surface area contributed by atoms with E-state index in [1.54, 1.807) is 18.7 Å². The standard InChI is InChI=1S/C17H19N3O3/c1-2-21-9-5-8-18-17-19-12-13(14-6-3-10-22-14)16(20-17)15-7-4-11-23-15/h3-4,6-7,10-12H,2,5,8-9H2,1H3,(H,18,19,20). The van der Waals surface area contributed by atoms with Crippen LogP contribution >= 0.6 is 0 Å². The molecule has 3 aromatic heterocycles. The lowest BCUT2D eigenvalue weighted by molar-refractivity contribution is 0.147. The molecule has 0 saturated carbocycles. The van der Waals surface area contributed by atoms with Gasteiger partial charge in [0.05, 0.1) is 18.1 Å². The third kappa shape index (κ3) is 3.78. The predicted molar refractivity (Wildman–Crippen MR) is 87.0 cm³/mol. The van der Waals surface area contributed by atoms with Gasteiger partial charge in [-0.05, 0) is 37.6 Å². The van der Waals surface area contributed by atoms with Crippen LogP contribution in [0.3, 0.4) is 0 Å². The number of furan rings is 2. The molecular weight excluding hydrogens is 294 g/mol. The molecule has 3 aromatic rings. The minimum Gasteiger partial charge on any atom is -0.464 e. The molecule has 0 spiro atoms. The van der Waals surface area contributed by atoms with Crippen LogP contribution in [0.2, 0.25) is 0 Å². The van der Waals surface area contributed by atoms with Crippen LogP contribution in [-0.2, 0) is 4.74 Å². The van der Waals surface area contributed by atoms with Crippen LogP contribution in [0.25, 0.3) is 22.8 Å². The van der Waals surface area contributed by atoms with E-state index in [9.17, 15) is 0 Å². The Morgan fingerprint density at radius 2 is 1.91 bits per heavy atom. The first-order valence-corrected chi connectivity index (χ1v) is 7.65. The summed E-state index contributed by atoms with van der Waals surface area (Å²) >= 11 is 0. The van der Waals surface area contributed by atoms with E-state index in [2.05, 4.69) is 15.3 Å². The van der Waals surface area contributed by atoms with E-state index >= 15 is 0 Å². The zero-order chi connectivity index (χ0) is 15.9. The average Bonchev–Trinajstić information content (AvgIpc) is 3.28. The highest BCUT2D eigenvalue weighted by atomic mass is 16.5. The van der Waals surface area contributed by atoms with Crippen LogP contribution in [0, 0.1) is 0 Å². The van der Waals surface area contributed by atoms with Crippen molar-refractivity contribution in [1.82, 2.24) is 9.97 Å². The maximum absolute atomic E-state index is 5.49. The van der Waals surface area contributed by atoms with Gasteiger partial charge in [0.15, 0.2) is 5.76 Å². The van der Waals surface area contributed by atoms with Gasteiger partial charge in [-0.15, -0.1) is 0 Å². The van der Waals surface area contributed by atoms with E-state index in [1.807, 2.05) is 31.2 Å². The molecule has 0 atom stereocenters. The summed E-state index contributed by atoms with van der Waals surface area (Å²) in [7, 11) is 0. The lowest BCUT2D eigenvalue weighted by atomic mass is 10.1. The number of ether oxygens (including phenoxy) is 1. The normalized spacial score (nSPS) is 10.8. The second-order valence-corrected chi connectivity index (χ2v) is 4.89. The molecule has 0 saturated heterocycles. The second-order valence-electron chi connectivity index (χ2n) is 4.89. The zero-order valence-electron chi connectivity index (χ0n) is 13.0. The molecule has 0 fully saturated rings. The first-order valence-electron chi connectivity index (χ1n) is 7.65. The summed E-state index contributed by atoms with van der Waals surface area (Å²) in [6.07, 6.45) is 5.89. The van der Waals surface area contributed by atoms with Crippen molar-refractivity contribution in [1.29, 1.82) is 0 Å². The molecule has 0 aliphatic rings. The molecule has 1 N–H and O–H groups in total. The number of hydrogen-bond donors (Lipinski definition) is 1. The van der Waals surface area contributed by atoms with Crippen LogP contribution in [0.5, 0.6) is 0 Å². The summed E-state index contributed by atoms with van der Waals surface area (Å²) in [5.41, 5.74) is 1.50. The molecule has 3 heterocycles. The Hall–Kier alpha value is -2.60. The van der Waals surface area contributed by atoms with Gasteiger partial charge < -0.3 is 18.9 Å². The Balaban J connectivity index is 1.80. The summed E-state index contributed by atoms with van der Waals surface area (Å²) in [5.74, 6) is 1.94. The lowest BCUT2D eigenvalue weighted by Crippen LogP contribution is -2.09. The number of aromatic nitrogens is 2. The predicted octanol–water partition coefficient (Wildman–Crippen LogP) is 3.84. The molecule has 0 radical (unpaired) electrons. The topological polar surface area (TPSA) is 73.3 Å². The fourth-order valence-corrected chi connectivity index (χ4v) is 2.20. The smallest absolute Gasteiger partial charge is 0.223 e. The van der Waals surface area contributed by atoms with Crippen LogP contribution in [-0.4, -0.2) is 29.7 Å². The molecule has 6 nitrogen and oxygen atoms in total. The van der Waals surface area contributed by atoms with Crippen LogP contribution in [0.15, 0.2) is 51.8 Å². The SMILES string of the molecule is CCOCCCNc1ncc(-c2ccco2)c(-c2ccco2)n1. The summed E-state index contributed by atoms with van der Waals surface area (Å²) in [6.45, 7) is 4.19. The van der Waals surface area contributed by atoms with Gasteiger partial charge >= 0.3 is 0 Å². The zero-order valence-corrected chi connectivity index (χ0v) is 13.0. The van der Waals surface area contributed by atoms with Crippen molar-refractivity contribution in [2.24, 2.45) is 0 Å². The first-order chi connectivity index (χ1) is 11.4. The summed E-state index contributed by atoms with van der Waals surface area (Å²) < 4.78 is 16.3.